The zero-order chi connectivity index (χ0) is 11.3. The van der Waals surface area contributed by atoms with E-state index < -0.39 is 5.97 Å². The highest BCUT2D eigenvalue weighted by molar-refractivity contribution is 7.07. The van der Waals surface area contributed by atoms with Crippen LogP contribution >= 0.6 is 11.3 Å². The molecule has 0 amide bonds. The Balaban J connectivity index is 2.98. The minimum Gasteiger partial charge on any atom is -0.461 e. The van der Waals surface area contributed by atoms with Gasteiger partial charge in [0.1, 0.15) is 7.11 Å². The maximum absolute atomic E-state index is 11.4. The Morgan fingerprint density at radius 3 is 2.93 bits per heavy atom. The first-order valence-electron chi connectivity index (χ1n) is 4.20. The largest absolute Gasteiger partial charge is 0.461 e. The molecule has 1 aromatic rings. The van der Waals surface area contributed by atoms with Crippen LogP contribution in [-0.2, 0) is 14.4 Å². The molecule has 0 aromatic carbocycles. The van der Waals surface area contributed by atoms with Gasteiger partial charge in [-0.2, -0.15) is 0 Å². The lowest BCUT2D eigenvalue weighted by atomic mass is 10.3. The zero-order valence-electron chi connectivity index (χ0n) is 8.36. The molecule has 1 aromatic heterocycles. The first-order chi connectivity index (χ1) is 7.19. The van der Waals surface area contributed by atoms with Gasteiger partial charge in [0.15, 0.2) is 4.80 Å². The van der Waals surface area contributed by atoms with E-state index in [0.29, 0.717) is 5.69 Å². The highest BCUT2D eigenvalue weighted by atomic mass is 32.1. The third-order valence-electron chi connectivity index (χ3n) is 1.45. The zero-order valence-corrected chi connectivity index (χ0v) is 9.18. The number of esters is 1. The second-order valence-electron chi connectivity index (χ2n) is 2.45. The number of aromatic amines is 1. The molecule has 0 radical (unpaired) electrons. The third-order valence-corrected chi connectivity index (χ3v) is 2.14. The molecule has 15 heavy (non-hydrogen) atoms. The standard InChI is InChI=1S/C8H11N3O3S/c1-3-14-7(12)6(11-13-2)5-4-15-8(9)10-5/h4H,3H2,1-2H3,(H2,9,10). The summed E-state index contributed by atoms with van der Waals surface area (Å²) in [5.41, 5.74) is 0.458. The Hall–Kier alpha value is -1.63. The van der Waals surface area contributed by atoms with Crippen LogP contribution in [0.5, 0.6) is 0 Å². The summed E-state index contributed by atoms with van der Waals surface area (Å²) in [4.78, 5) is 18.9. The number of carbonyl (C=O) groups excluding carboxylic acids is 1. The topological polar surface area (TPSA) is 87.5 Å². The van der Waals surface area contributed by atoms with Crippen molar-refractivity contribution in [2.24, 2.45) is 5.16 Å². The predicted molar refractivity (Wildman–Crippen MR) is 54.7 cm³/mol. The average Bonchev–Trinajstić information content (AvgIpc) is 2.61. The normalized spacial score (nSPS) is 11.2. The van der Waals surface area contributed by atoms with Gasteiger partial charge in [-0.25, -0.2) is 4.79 Å². The van der Waals surface area contributed by atoms with Gasteiger partial charge in [-0.05, 0) is 6.92 Å². The number of aromatic nitrogens is 1. The van der Waals surface area contributed by atoms with Crippen molar-refractivity contribution in [2.45, 2.75) is 6.92 Å². The minimum absolute atomic E-state index is 0.0362. The van der Waals surface area contributed by atoms with Gasteiger partial charge in [-0.15, -0.1) is 11.3 Å². The lowest BCUT2D eigenvalue weighted by molar-refractivity contribution is -0.135. The number of hydrogen-bond donors (Lipinski definition) is 2. The van der Waals surface area contributed by atoms with E-state index in [4.69, 9.17) is 10.1 Å². The first-order valence-corrected chi connectivity index (χ1v) is 5.08. The Bertz CT molecular complexity index is 421. The molecule has 7 heteroatoms. The molecule has 82 valence electrons. The number of rotatable bonds is 4. The van der Waals surface area contributed by atoms with Crippen molar-refractivity contribution in [3.05, 3.63) is 15.9 Å². The summed E-state index contributed by atoms with van der Waals surface area (Å²) < 4.78 is 4.79. The number of oxime groups is 1. The highest BCUT2D eigenvalue weighted by Gasteiger charge is 2.17. The molecule has 0 unspecified atom stereocenters. The number of ether oxygens (including phenoxy) is 1. The lowest BCUT2D eigenvalue weighted by Gasteiger charge is -2.02. The van der Waals surface area contributed by atoms with Crippen LogP contribution < -0.4 is 4.80 Å². The van der Waals surface area contributed by atoms with Crippen LogP contribution in [0.4, 0.5) is 0 Å². The summed E-state index contributed by atoms with van der Waals surface area (Å²) in [6.07, 6.45) is 0. The van der Waals surface area contributed by atoms with E-state index >= 15 is 0 Å². The molecule has 0 aliphatic rings. The SMILES string of the molecule is CCOC(=O)C(=NOC)c1csc(=N)[nH]1. The Morgan fingerprint density at radius 2 is 2.47 bits per heavy atom. The summed E-state index contributed by atoms with van der Waals surface area (Å²) in [7, 11) is 1.34. The van der Waals surface area contributed by atoms with Gasteiger partial charge in [-0.3, -0.25) is 5.41 Å². The van der Waals surface area contributed by atoms with Gasteiger partial charge in [0.2, 0.25) is 5.71 Å². The summed E-state index contributed by atoms with van der Waals surface area (Å²) in [6, 6.07) is 0. The molecule has 1 rings (SSSR count). The quantitative estimate of drug-likeness (QED) is 0.447. The fourth-order valence-corrected chi connectivity index (χ4v) is 1.48. The number of thiazole rings is 1. The fourth-order valence-electron chi connectivity index (χ4n) is 0.901. The van der Waals surface area contributed by atoms with Crippen molar-refractivity contribution in [1.82, 2.24) is 4.98 Å². The smallest absolute Gasteiger partial charge is 0.362 e. The van der Waals surface area contributed by atoms with Crippen molar-refractivity contribution in [1.29, 1.82) is 5.41 Å². The summed E-state index contributed by atoms with van der Waals surface area (Å²) in [6.45, 7) is 1.97. The second-order valence-corrected chi connectivity index (χ2v) is 3.33. The molecule has 2 N–H and O–H groups in total. The maximum Gasteiger partial charge on any atom is 0.362 e. The van der Waals surface area contributed by atoms with E-state index in [1.807, 2.05) is 0 Å². The van der Waals surface area contributed by atoms with E-state index in [2.05, 4.69) is 15.0 Å². The van der Waals surface area contributed by atoms with Crippen LogP contribution in [0.2, 0.25) is 0 Å². The molecule has 0 atom stereocenters. The third kappa shape index (κ3) is 2.91. The molecule has 0 saturated heterocycles. The first kappa shape index (κ1) is 11.4. The van der Waals surface area contributed by atoms with Crippen molar-refractivity contribution in [3.63, 3.8) is 0 Å². The van der Waals surface area contributed by atoms with Gasteiger partial charge in [0.25, 0.3) is 0 Å². The van der Waals surface area contributed by atoms with Crippen LogP contribution in [0.15, 0.2) is 10.5 Å². The average molecular weight is 229 g/mol. The highest BCUT2D eigenvalue weighted by Crippen LogP contribution is 2.01. The maximum atomic E-state index is 11.4. The monoisotopic (exact) mass is 229 g/mol. The molecule has 0 aliphatic heterocycles. The molecule has 0 fully saturated rings. The van der Waals surface area contributed by atoms with Gasteiger partial charge in [0.05, 0.1) is 12.3 Å². The fraction of sp³-hybridized carbons (Fsp3) is 0.375. The summed E-state index contributed by atoms with van der Waals surface area (Å²) >= 11 is 1.16. The van der Waals surface area contributed by atoms with Crippen molar-refractivity contribution in [3.8, 4) is 0 Å². The van der Waals surface area contributed by atoms with Crippen LogP contribution in [0.25, 0.3) is 0 Å². The van der Waals surface area contributed by atoms with E-state index in [-0.39, 0.29) is 17.1 Å². The van der Waals surface area contributed by atoms with Crippen molar-refractivity contribution in [2.75, 3.05) is 13.7 Å². The summed E-state index contributed by atoms with van der Waals surface area (Å²) in [5.74, 6) is -0.576. The summed E-state index contributed by atoms with van der Waals surface area (Å²) in [5, 5.41) is 12.5. The van der Waals surface area contributed by atoms with Crippen LogP contribution in [0, 0.1) is 5.41 Å². The molecule has 0 saturated carbocycles. The molecule has 6 nitrogen and oxygen atoms in total. The van der Waals surface area contributed by atoms with Crippen LogP contribution in [0.1, 0.15) is 12.6 Å². The number of nitrogens with zero attached hydrogens (tertiary/aromatic N) is 1. The van der Waals surface area contributed by atoms with Gasteiger partial charge >= 0.3 is 5.97 Å². The molecule has 0 spiro atoms. The lowest BCUT2D eigenvalue weighted by Crippen LogP contribution is -2.20. The number of hydrogen-bond acceptors (Lipinski definition) is 6. The molecular formula is C8H11N3O3S. The van der Waals surface area contributed by atoms with Crippen molar-refractivity contribution >= 4 is 23.0 Å². The van der Waals surface area contributed by atoms with Crippen molar-refractivity contribution < 1.29 is 14.4 Å². The second kappa shape index (κ2) is 5.30. The van der Waals surface area contributed by atoms with E-state index in [1.165, 1.54) is 7.11 Å². The Morgan fingerprint density at radius 1 is 1.73 bits per heavy atom. The number of nitrogens with one attached hydrogen (secondary N) is 2. The Kier molecular flexibility index (Phi) is 4.04. The molecular weight excluding hydrogens is 218 g/mol. The van der Waals surface area contributed by atoms with Crippen LogP contribution in [0.3, 0.4) is 0 Å². The van der Waals surface area contributed by atoms with Gasteiger partial charge in [0, 0.05) is 5.38 Å². The van der Waals surface area contributed by atoms with E-state index in [0.717, 1.165) is 11.3 Å². The van der Waals surface area contributed by atoms with Crippen LogP contribution in [-0.4, -0.2) is 30.4 Å². The van der Waals surface area contributed by atoms with E-state index in [9.17, 15) is 4.79 Å². The van der Waals surface area contributed by atoms with Gasteiger partial charge in [-0.1, -0.05) is 5.16 Å². The minimum atomic E-state index is -0.576. The molecule has 1 heterocycles. The number of carbonyl (C=O) groups is 1. The molecule has 0 bridgehead atoms. The number of H-pyrrole nitrogens is 1. The van der Waals surface area contributed by atoms with E-state index in [1.54, 1.807) is 12.3 Å². The van der Waals surface area contributed by atoms with Gasteiger partial charge < -0.3 is 14.6 Å². The predicted octanol–water partition coefficient (Wildman–Crippen LogP) is 0.469. The Labute approximate surface area is 90.0 Å². The molecule has 0 aliphatic carbocycles.